The summed E-state index contributed by atoms with van der Waals surface area (Å²) in [7, 11) is 0. The van der Waals surface area contributed by atoms with Gasteiger partial charge in [-0.1, -0.05) is 31.4 Å². The Bertz CT molecular complexity index is 182. The van der Waals surface area contributed by atoms with E-state index in [9.17, 15) is 4.79 Å². The Labute approximate surface area is 87.6 Å². The van der Waals surface area contributed by atoms with Crippen molar-refractivity contribution in [3.8, 4) is 0 Å². The van der Waals surface area contributed by atoms with Crippen LogP contribution in [0.5, 0.6) is 0 Å². The zero-order valence-corrected chi connectivity index (χ0v) is 9.13. The van der Waals surface area contributed by atoms with Crippen LogP contribution in [0.4, 0.5) is 0 Å². The lowest BCUT2D eigenvalue weighted by atomic mass is 10.1. The van der Waals surface area contributed by atoms with Gasteiger partial charge in [0.15, 0.2) is 0 Å². The van der Waals surface area contributed by atoms with Crippen LogP contribution in [-0.4, -0.2) is 5.78 Å². The fourth-order valence-corrected chi connectivity index (χ4v) is 1.89. The Morgan fingerprint density at radius 1 is 0.714 bits per heavy atom. The molecule has 0 amide bonds. The fraction of sp³-hybridized carbons (Fsp3) is 0.769. The molecule has 0 atom stereocenters. The molecule has 0 aromatic rings. The zero-order valence-electron chi connectivity index (χ0n) is 9.13. The second-order valence-corrected chi connectivity index (χ2v) is 4.21. The molecule has 0 unspecified atom stereocenters. The second-order valence-electron chi connectivity index (χ2n) is 4.21. The van der Waals surface area contributed by atoms with Gasteiger partial charge in [-0.15, -0.1) is 0 Å². The summed E-state index contributed by atoms with van der Waals surface area (Å²) in [5.41, 5.74) is 0. The highest BCUT2D eigenvalue weighted by atomic mass is 16.1. The molecule has 0 N–H and O–H groups in total. The molecule has 0 saturated heterocycles. The maximum absolute atomic E-state index is 11.4. The standard InChI is InChI=1S/C13H22O/c14-13-11-9-7-5-3-1-2-4-6-8-10-12-13/h3,5H,1-2,4,6-12H2. The highest BCUT2D eigenvalue weighted by molar-refractivity contribution is 5.78. The third kappa shape index (κ3) is 5.95. The van der Waals surface area contributed by atoms with E-state index in [1.165, 1.54) is 32.1 Å². The van der Waals surface area contributed by atoms with Crippen LogP contribution in [0.1, 0.15) is 64.2 Å². The van der Waals surface area contributed by atoms with Crippen LogP contribution in [0.15, 0.2) is 12.2 Å². The van der Waals surface area contributed by atoms with Crippen molar-refractivity contribution in [3.63, 3.8) is 0 Å². The second kappa shape index (κ2) is 7.78. The van der Waals surface area contributed by atoms with Gasteiger partial charge in [-0.2, -0.15) is 0 Å². The SMILES string of the molecule is O=C1CCCC=CCCCCCCC1. The maximum Gasteiger partial charge on any atom is 0.132 e. The number of carbonyl (C=O) groups excluding carboxylic acids is 1. The molecule has 80 valence electrons. The van der Waals surface area contributed by atoms with E-state index < -0.39 is 0 Å². The van der Waals surface area contributed by atoms with Crippen LogP contribution in [0, 0.1) is 0 Å². The Hall–Kier alpha value is -0.590. The quantitative estimate of drug-likeness (QED) is 0.532. The summed E-state index contributed by atoms with van der Waals surface area (Å²) in [6, 6.07) is 0. The van der Waals surface area contributed by atoms with Gasteiger partial charge < -0.3 is 0 Å². The lowest BCUT2D eigenvalue weighted by molar-refractivity contribution is -0.119. The minimum Gasteiger partial charge on any atom is -0.300 e. The third-order valence-electron chi connectivity index (χ3n) is 2.82. The number of hydrogen-bond acceptors (Lipinski definition) is 1. The molecule has 1 aliphatic rings. The molecule has 1 heteroatoms. The number of Topliss-reactive ketones (excluding diaryl/α,β-unsaturated/α-hetero) is 1. The van der Waals surface area contributed by atoms with Crippen molar-refractivity contribution < 1.29 is 4.79 Å². The van der Waals surface area contributed by atoms with Crippen LogP contribution in [-0.2, 0) is 4.79 Å². The van der Waals surface area contributed by atoms with E-state index in [1.54, 1.807) is 0 Å². The number of allylic oxidation sites excluding steroid dienone is 2. The fourth-order valence-electron chi connectivity index (χ4n) is 1.89. The monoisotopic (exact) mass is 194 g/mol. The minimum absolute atomic E-state index is 0.470. The van der Waals surface area contributed by atoms with Gasteiger partial charge in [0, 0.05) is 12.8 Å². The molecule has 1 rings (SSSR count). The molecule has 0 fully saturated rings. The normalized spacial score (nSPS) is 22.1. The largest absolute Gasteiger partial charge is 0.300 e. The molecular formula is C13H22O. The van der Waals surface area contributed by atoms with Gasteiger partial charge in [0.2, 0.25) is 0 Å². The van der Waals surface area contributed by atoms with E-state index in [0.29, 0.717) is 5.78 Å². The molecule has 1 nitrogen and oxygen atoms in total. The molecule has 0 radical (unpaired) electrons. The van der Waals surface area contributed by atoms with E-state index in [2.05, 4.69) is 12.2 Å². The Balaban J connectivity index is 2.23. The summed E-state index contributed by atoms with van der Waals surface area (Å²) in [6.45, 7) is 0. The van der Waals surface area contributed by atoms with Crippen LogP contribution in [0.2, 0.25) is 0 Å². The van der Waals surface area contributed by atoms with E-state index in [0.717, 1.165) is 32.1 Å². The van der Waals surface area contributed by atoms with Crippen molar-refractivity contribution in [1.82, 2.24) is 0 Å². The zero-order chi connectivity index (χ0) is 10.1. The highest BCUT2D eigenvalue weighted by Crippen LogP contribution is 2.11. The lowest BCUT2D eigenvalue weighted by Crippen LogP contribution is -1.96. The van der Waals surface area contributed by atoms with Crippen molar-refractivity contribution in [2.45, 2.75) is 64.2 Å². The number of ketones is 1. The third-order valence-corrected chi connectivity index (χ3v) is 2.82. The smallest absolute Gasteiger partial charge is 0.132 e. The average molecular weight is 194 g/mol. The first kappa shape index (κ1) is 11.5. The van der Waals surface area contributed by atoms with Crippen molar-refractivity contribution in [2.24, 2.45) is 0 Å². The summed E-state index contributed by atoms with van der Waals surface area (Å²) < 4.78 is 0. The molecule has 0 aromatic carbocycles. The van der Waals surface area contributed by atoms with Gasteiger partial charge in [-0.3, -0.25) is 4.79 Å². The summed E-state index contributed by atoms with van der Waals surface area (Å²) >= 11 is 0. The topological polar surface area (TPSA) is 17.1 Å². The summed E-state index contributed by atoms with van der Waals surface area (Å²) in [5.74, 6) is 0.470. The molecule has 1 aliphatic carbocycles. The lowest BCUT2D eigenvalue weighted by Gasteiger charge is -1.99. The molecule has 0 bridgehead atoms. The van der Waals surface area contributed by atoms with Gasteiger partial charge in [-0.05, 0) is 32.1 Å². The molecule has 14 heavy (non-hydrogen) atoms. The Morgan fingerprint density at radius 3 is 2.14 bits per heavy atom. The van der Waals surface area contributed by atoms with Crippen molar-refractivity contribution in [1.29, 1.82) is 0 Å². The van der Waals surface area contributed by atoms with E-state index >= 15 is 0 Å². The first-order valence-corrected chi connectivity index (χ1v) is 6.06. The maximum atomic E-state index is 11.4. The Morgan fingerprint density at radius 2 is 1.29 bits per heavy atom. The number of carbonyl (C=O) groups is 1. The first-order valence-electron chi connectivity index (χ1n) is 6.06. The van der Waals surface area contributed by atoms with Gasteiger partial charge in [0.1, 0.15) is 5.78 Å². The van der Waals surface area contributed by atoms with Gasteiger partial charge in [-0.25, -0.2) is 0 Å². The molecular weight excluding hydrogens is 172 g/mol. The van der Waals surface area contributed by atoms with Gasteiger partial charge in [0.25, 0.3) is 0 Å². The molecule has 0 aliphatic heterocycles. The van der Waals surface area contributed by atoms with Crippen molar-refractivity contribution in [3.05, 3.63) is 12.2 Å². The van der Waals surface area contributed by atoms with Crippen LogP contribution < -0.4 is 0 Å². The van der Waals surface area contributed by atoms with E-state index in [4.69, 9.17) is 0 Å². The Kier molecular flexibility index (Phi) is 6.38. The molecule has 0 heterocycles. The van der Waals surface area contributed by atoms with Crippen LogP contribution in [0.25, 0.3) is 0 Å². The highest BCUT2D eigenvalue weighted by Gasteiger charge is 2.01. The summed E-state index contributed by atoms with van der Waals surface area (Å²) in [6.07, 6.45) is 15.8. The van der Waals surface area contributed by atoms with E-state index in [1.807, 2.05) is 0 Å². The molecule has 0 aromatic heterocycles. The van der Waals surface area contributed by atoms with Crippen LogP contribution in [0.3, 0.4) is 0 Å². The average Bonchev–Trinajstić information content (AvgIpc) is 2.20. The first-order chi connectivity index (χ1) is 6.89. The van der Waals surface area contributed by atoms with Crippen LogP contribution >= 0.6 is 0 Å². The predicted molar refractivity (Wildman–Crippen MR) is 60.3 cm³/mol. The van der Waals surface area contributed by atoms with Gasteiger partial charge >= 0.3 is 0 Å². The van der Waals surface area contributed by atoms with Crippen molar-refractivity contribution >= 4 is 5.78 Å². The summed E-state index contributed by atoms with van der Waals surface area (Å²) in [5, 5.41) is 0. The molecule has 0 saturated carbocycles. The minimum atomic E-state index is 0.470. The van der Waals surface area contributed by atoms with E-state index in [-0.39, 0.29) is 0 Å². The van der Waals surface area contributed by atoms with Gasteiger partial charge in [0.05, 0.1) is 0 Å². The van der Waals surface area contributed by atoms with Crippen molar-refractivity contribution in [2.75, 3.05) is 0 Å². The number of hydrogen-bond donors (Lipinski definition) is 0. The summed E-state index contributed by atoms with van der Waals surface area (Å²) in [4.78, 5) is 11.4. The molecule has 0 spiro atoms. The predicted octanol–water partition coefficient (Wildman–Crippen LogP) is 4.03. The number of rotatable bonds is 0.